The summed E-state index contributed by atoms with van der Waals surface area (Å²) in [6.45, 7) is 7.96. The number of H-pyrrole nitrogens is 1. The summed E-state index contributed by atoms with van der Waals surface area (Å²) in [5, 5.41) is 0. The zero-order valence-corrected chi connectivity index (χ0v) is 12.7. The normalized spacial score (nSPS) is 24.7. The highest BCUT2D eigenvalue weighted by atomic mass is 16.7. The number of aromatic amines is 1. The second-order valence-electron chi connectivity index (χ2n) is 6.91. The first-order valence-corrected chi connectivity index (χ1v) is 7.39. The number of aromatic nitrogens is 1. The highest BCUT2D eigenvalue weighted by Gasteiger charge is 2.52. The fourth-order valence-corrected chi connectivity index (χ4v) is 2.61. The van der Waals surface area contributed by atoms with Crippen LogP contribution in [-0.2, 0) is 9.31 Å². The molecule has 1 aliphatic carbocycles. The van der Waals surface area contributed by atoms with Gasteiger partial charge >= 0.3 is 7.12 Å². The van der Waals surface area contributed by atoms with Gasteiger partial charge in [-0.3, -0.25) is 4.79 Å². The van der Waals surface area contributed by atoms with Crippen molar-refractivity contribution in [3.8, 4) is 0 Å². The van der Waals surface area contributed by atoms with Crippen molar-refractivity contribution in [3.05, 3.63) is 28.2 Å². The largest absolute Gasteiger partial charge is 0.500 e. The molecule has 2 heterocycles. The molecule has 1 saturated carbocycles. The average molecular weight is 275 g/mol. The molecule has 4 nitrogen and oxygen atoms in total. The summed E-state index contributed by atoms with van der Waals surface area (Å²) in [6.07, 6.45) is 3.60. The van der Waals surface area contributed by atoms with Crippen LogP contribution in [-0.4, -0.2) is 23.3 Å². The molecule has 5 heteroatoms. The van der Waals surface area contributed by atoms with Crippen molar-refractivity contribution in [2.24, 2.45) is 0 Å². The molecule has 0 aromatic carbocycles. The van der Waals surface area contributed by atoms with Crippen molar-refractivity contribution in [2.75, 3.05) is 0 Å². The molecule has 0 atom stereocenters. The zero-order valence-electron chi connectivity index (χ0n) is 12.7. The van der Waals surface area contributed by atoms with E-state index in [0.717, 1.165) is 5.69 Å². The molecule has 1 N–H and O–H groups in total. The van der Waals surface area contributed by atoms with Crippen LogP contribution in [0, 0.1) is 0 Å². The Bertz CT molecular complexity index is 559. The van der Waals surface area contributed by atoms with Gasteiger partial charge in [-0.1, -0.05) is 12.5 Å². The van der Waals surface area contributed by atoms with Crippen molar-refractivity contribution < 1.29 is 9.31 Å². The maximum Gasteiger partial charge on any atom is 0.500 e. The molecule has 20 heavy (non-hydrogen) atoms. The highest BCUT2D eigenvalue weighted by molar-refractivity contribution is 6.61. The van der Waals surface area contributed by atoms with E-state index in [9.17, 15) is 4.79 Å². The Balaban J connectivity index is 1.87. The Hall–Kier alpha value is -1.07. The van der Waals surface area contributed by atoms with Crippen LogP contribution in [0.4, 0.5) is 0 Å². The number of hydrogen-bond acceptors (Lipinski definition) is 3. The molecular weight excluding hydrogens is 253 g/mol. The minimum atomic E-state index is -0.584. The highest BCUT2D eigenvalue weighted by Crippen LogP contribution is 2.37. The third-order valence-corrected chi connectivity index (χ3v) is 5.01. The molecule has 1 aromatic rings. The molecule has 1 aromatic heterocycles. The van der Waals surface area contributed by atoms with Gasteiger partial charge in [-0.05, 0) is 52.5 Å². The second kappa shape index (κ2) is 4.47. The fraction of sp³-hybridized carbons (Fsp3) is 0.667. The standard InChI is InChI=1S/C15H22BNO3/c1-14(2)15(3,4)20-16(19-14)11-8-9-12(17-13(11)18)10-6-5-7-10/h8-10H,5-7H2,1-4H3,(H,17,18). The lowest BCUT2D eigenvalue weighted by molar-refractivity contribution is 0.00578. The van der Waals surface area contributed by atoms with E-state index >= 15 is 0 Å². The summed E-state index contributed by atoms with van der Waals surface area (Å²) >= 11 is 0. The Morgan fingerprint density at radius 2 is 1.75 bits per heavy atom. The van der Waals surface area contributed by atoms with E-state index in [0.29, 0.717) is 11.4 Å². The molecule has 3 rings (SSSR count). The van der Waals surface area contributed by atoms with Crippen LogP contribution in [0.15, 0.2) is 16.9 Å². The molecule has 2 aliphatic rings. The summed E-state index contributed by atoms with van der Waals surface area (Å²) < 4.78 is 11.9. The smallest absolute Gasteiger partial charge is 0.399 e. The minimum absolute atomic E-state index is 0.0899. The van der Waals surface area contributed by atoms with E-state index in [1.165, 1.54) is 19.3 Å². The summed E-state index contributed by atoms with van der Waals surface area (Å²) in [4.78, 5) is 15.3. The summed E-state index contributed by atoms with van der Waals surface area (Å²) in [7, 11) is -0.584. The Morgan fingerprint density at radius 3 is 2.20 bits per heavy atom. The van der Waals surface area contributed by atoms with E-state index < -0.39 is 18.3 Å². The van der Waals surface area contributed by atoms with Gasteiger partial charge in [-0.2, -0.15) is 0 Å². The van der Waals surface area contributed by atoms with E-state index in [2.05, 4.69) is 4.98 Å². The molecule has 108 valence electrons. The van der Waals surface area contributed by atoms with Crippen molar-refractivity contribution in [1.29, 1.82) is 0 Å². The van der Waals surface area contributed by atoms with Crippen LogP contribution < -0.4 is 11.0 Å². The van der Waals surface area contributed by atoms with Gasteiger partial charge < -0.3 is 14.3 Å². The zero-order chi connectivity index (χ0) is 14.5. The maximum absolute atomic E-state index is 12.3. The van der Waals surface area contributed by atoms with Gasteiger partial charge in [0.2, 0.25) is 5.56 Å². The lowest BCUT2D eigenvalue weighted by atomic mass is 9.78. The van der Waals surface area contributed by atoms with Gasteiger partial charge in [-0.25, -0.2) is 0 Å². The van der Waals surface area contributed by atoms with Gasteiger partial charge in [0.15, 0.2) is 0 Å². The predicted octanol–water partition coefficient (Wildman–Crippen LogP) is 1.94. The molecule has 1 saturated heterocycles. The monoisotopic (exact) mass is 275 g/mol. The maximum atomic E-state index is 12.3. The van der Waals surface area contributed by atoms with Crippen molar-refractivity contribution in [1.82, 2.24) is 4.98 Å². The summed E-state index contributed by atoms with van der Waals surface area (Å²) in [5.41, 5.74) is 0.675. The molecule has 0 amide bonds. The third kappa shape index (κ3) is 2.13. The molecule has 1 aliphatic heterocycles. The number of pyridine rings is 1. The van der Waals surface area contributed by atoms with Gasteiger partial charge in [-0.15, -0.1) is 0 Å². The molecule has 0 spiro atoms. The SMILES string of the molecule is CC1(C)OB(c2ccc(C3CCC3)[nH]c2=O)OC1(C)C. The third-order valence-electron chi connectivity index (χ3n) is 5.01. The van der Waals surface area contributed by atoms with E-state index in [1.807, 2.05) is 39.8 Å². The second-order valence-corrected chi connectivity index (χ2v) is 6.91. The van der Waals surface area contributed by atoms with Crippen LogP contribution in [0.5, 0.6) is 0 Å². The van der Waals surface area contributed by atoms with Gasteiger partial charge in [0.25, 0.3) is 0 Å². The van der Waals surface area contributed by atoms with E-state index in [-0.39, 0.29) is 5.56 Å². The molecule has 0 radical (unpaired) electrons. The van der Waals surface area contributed by atoms with Crippen molar-refractivity contribution >= 4 is 12.6 Å². The number of rotatable bonds is 2. The Kier molecular flexibility index (Phi) is 3.10. The Morgan fingerprint density at radius 1 is 1.15 bits per heavy atom. The van der Waals surface area contributed by atoms with Crippen LogP contribution in [0.2, 0.25) is 0 Å². The molecular formula is C15H22BNO3. The van der Waals surface area contributed by atoms with Gasteiger partial charge in [0.05, 0.1) is 11.2 Å². The first-order valence-electron chi connectivity index (χ1n) is 7.39. The van der Waals surface area contributed by atoms with Gasteiger partial charge in [0, 0.05) is 11.2 Å². The Labute approximate surface area is 120 Å². The first-order chi connectivity index (χ1) is 9.30. The van der Waals surface area contributed by atoms with E-state index in [4.69, 9.17) is 9.31 Å². The minimum Gasteiger partial charge on any atom is -0.399 e. The van der Waals surface area contributed by atoms with Gasteiger partial charge in [0.1, 0.15) is 0 Å². The fourth-order valence-electron chi connectivity index (χ4n) is 2.61. The van der Waals surface area contributed by atoms with Crippen molar-refractivity contribution in [3.63, 3.8) is 0 Å². The van der Waals surface area contributed by atoms with Crippen molar-refractivity contribution in [2.45, 2.75) is 64.1 Å². The molecule has 2 fully saturated rings. The number of nitrogens with one attached hydrogen (secondary N) is 1. The van der Waals surface area contributed by atoms with Crippen LogP contribution >= 0.6 is 0 Å². The molecule has 0 bridgehead atoms. The molecule has 0 unspecified atom stereocenters. The van der Waals surface area contributed by atoms with Crippen LogP contribution in [0.1, 0.15) is 58.6 Å². The predicted molar refractivity (Wildman–Crippen MR) is 79.4 cm³/mol. The first kappa shape index (κ1) is 13.9. The average Bonchev–Trinajstić information content (AvgIpc) is 2.45. The van der Waals surface area contributed by atoms with E-state index in [1.54, 1.807) is 0 Å². The van der Waals surface area contributed by atoms with Crippen LogP contribution in [0.25, 0.3) is 0 Å². The topological polar surface area (TPSA) is 51.3 Å². The van der Waals surface area contributed by atoms with Crippen LogP contribution in [0.3, 0.4) is 0 Å². The lowest BCUT2D eigenvalue weighted by Crippen LogP contribution is -2.45. The summed E-state index contributed by atoms with van der Waals surface area (Å²) in [6, 6.07) is 3.86. The lowest BCUT2D eigenvalue weighted by Gasteiger charge is -2.32. The number of hydrogen-bond donors (Lipinski definition) is 1. The quantitative estimate of drug-likeness (QED) is 0.839. The summed E-state index contributed by atoms with van der Waals surface area (Å²) in [5.74, 6) is 0.523.